The Bertz CT molecular complexity index is 6.85. The van der Waals surface area contributed by atoms with Crippen molar-refractivity contribution >= 4 is 69.0 Å². The summed E-state index contributed by atoms with van der Waals surface area (Å²) in [4.78, 5) is 0. The van der Waals surface area contributed by atoms with E-state index in [0.717, 1.165) is 0 Å². The molecule has 0 atom stereocenters. The maximum atomic E-state index is 0. The molecule has 0 aromatic heterocycles. The van der Waals surface area contributed by atoms with Crippen LogP contribution < -0.4 is 0 Å². The summed E-state index contributed by atoms with van der Waals surface area (Å²) in [6.07, 6.45) is 0. The average Bonchev–Trinajstić information content (AvgIpc) is 0. The standard InChI is InChI=1S/ClH.FH.3Li.3H/h2*1H;;;;;;. The van der Waals surface area contributed by atoms with E-state index in [9.17, 15) is 0 Å². The summed E-state index contributed by atoms with van der Waals surface area (Å²) in [5, 5.41) is 0. The van der Waals surface area contributed by atoms with Gasteiger partial charge in [-0.05, 0) is 0 Å². The number of halogens is 2. The van der Waals surface area contributed by atoms with Crippen molar-refractivity contribution < 1.29 is 4.70 Å². The molecule has 0 bridgehead atoms. The number of rotatable bonds is 0. The van der Waals surface area contributed by atoms with Crippen molar-refractivity contribution in [1.82, 2.24) is 0 Å². The summed E-state index contributed by atoms with van der Waals surface area (Å²) in [6, 6.07) is 0. The van der Waals surface area contributed by atoms with Gasteiger partial charge in [-0.3, -0.25) is 4.70 Å². The van der Waals surface area contributed by atoms with Gasteiger partial charge >= 0.3 is 56.6 Å². The Kier molecular flexibility index (Phi) is 467. The van der Waals surface area contributed by atoms with Crippen LogP contribution in [0.25, 0.3) is 0 Å². The first-order valence-corrected chi connectivity index (χ1v) is 0. The van der Waals surface area contributed by atoms with E-state index >= 15 is 0 Å². The van der Waals surface area contributed by atoms with Crippen molar-refractivity contribution in [3.63, 3.8) is 0 Å². The fourth-order valence-corrected chi connectivity index (χ4v) is 0. The molecule has 0 N–H and O–H groups in total. The molecule has 0 unspecified atom stereocenters. The van der Waals surface area contributed by atoms with Crippen LogP contribution in [-0.2, 0) is 0 Å². The molecular weight excluding hydrogens is 75.3 g/mol. The Balaban J connectivity index is 0. The second-order valence-corrected chi connectivity index (χ2v) is 0. The molecule has 0 aromatic carbocycles. The quantitative estimate of drug-likeness (QED) is 0.315. The van der Waals surface area contributed by atoms with Crippen LogP contribution in [0.3, 0.4) is 0 Å². The summed E-state index contributed by atoms with van der Waals surface area (Å²) in [7, 11) is 0. The van der Waals surface area contributed by atoms with E-state index in [1.807, 2.05) is 0 Å². The van der Waals surface area contributed by atoms with Gasteiger partial charge in [0.1, 0.15) is 0 Å². The van der Waals surface area contributed by atoms with E-state index in [4.69, 9.17) is 0 Å². The monoisotopic (exact) mass is 80.1 g/mol. The molecule has 0 rings (SSSR count). The minimum atomic E-state index is 0. The summed E-state index contributed by atoms with van der Waals surface area (Å²) in [5.41, 5.74) is 0. The van der Waals surface area contributed by atoms with Gasteiger partial charge in [0.05, 0.1) is 0 Å². The van der Waals surface area contributed by atoms with Crippen LogP contribution in [0.1, 0.15) is 0 Å². The third-order valence-corrected chi connectivity index (χ3v) is 0. The van der Waals surface area contributed by atoms with Crippen LogP contribution >= 0.6 is 12.4 Å². The number of hydrogen-bond acceptors (Lipinski definition) is 0. The van der Waals surface area contributed by atoms with E-state index < -0.39 is 0 Å². The van der Waals surface area contributed by atoms with Crippen LogP contribution in [0.2, 0.25) is 0 Å². The Morgan fingerprint density at radius 1 is 0.600 bits per heavy atom. The minimum absolute atomic E-state index is 0. The summed E-state index contributed by atoms with van der Waals surface area (Å²) in [6.45, 7) is 0. The van der Waals surface area contributed by atoms with Gasteiger partial charge in [0.15, 0.2) is 0 Å². The van der Waals surface area contributed by atoms with E-state index in [0.29, 0.717) is 0 Å². The van der Waals surface area contributed by atoms with E-state index in [-0.39, 0.29) is 73.7 Å². The Labute approximate surface area is 73.1 Å². The van der Waals surface area contributed by atoms with Gasteiger partial charge in [-0.2, -0.15) is 0 Å². The van der Waals surface area contributed by atoms with Crippen molar-refractivity contribution in [2.75, 3.05) is 0 Å². The molecule has 0 fully saturated rings. The number of hydrogen-bond donors (Lipinski definition) is 0. The molecule has 0 aromatic rings. The first-order valence-electron chi connectivity index (χ1n) is 0. The summed E-state index contributed by atoms with van der Waals surface area (Å²) < 4.78 is 0. The third-order valence-electron chi connectivity index (χ3n) is 0. The van der Waals surface area contributed by atoms with Gasteiger partial charge in [0.25, 0.3) is 0 Å². The van der Waals surface area contributed by atoms with Crippen molar-refractivity contribution in [3.05, 3.63) is 0 Å². The zero-order chi connectivity index (χ0) is 0. The second-order valence-electron chi connectivity index (χ2n) is 0. The van der Waals surface area contributed by atoms with Crippen LogP contribution in [0, 0.1) is 0 Å². The second kappa shape index (κ2) is 37.3. The average molecular weight is 80.3 g/mol. The maximum absolute atomic E-state index is 0. The molecule has 0 saturated heterocycles. The summed E-state index contributed by atoms with van der Waals surface area (Å²) in [5.74, 6) is 0. The Morgan fingerprint density at radius 3 is 0.600 bits per heavy atom. The molecule has 22 valence electrons. The molecule has 0 aliphatic carbocycles. The van der Waals surface area contributed by atoms with Gasteiger partial charge in [-0.1, -0.05) is 0 Å². The topological polar surface area (TPSA) is 0 Å². The van der Waals surface area contributed by atoms with Crippen LogP contribution in [0.15, 0.2) is 0 Å². The van der Waals surface area contributed by atoms with Gasteiger partial charge in [0.2, 0.25) is 0 Å². The predicted octanol–water partition coefficient (Wildman–Crippen LogP) is -1.37. The molecule has 0 nitrogen and oxygen atoms in total. The molecule has 0 amide bonds. The zero-order valence-corrected chi connectivity index (χ0v) is 1.63. The molecule has 0 saturated carbocycles. The third kappa shape index (κ3) is 23.9. The molecule has 5 heavy (non-hydrogen) atoms. The predicted molar refractivity (Wildman–Crippen MR) is 31.2 cm³/mol. The fourth-order valence-electron chi connectivity index (χ4n) is 0. The van der Waals surface area contributed by atoms with E-state index in [2.05, 4.69) is 0 Å². The van der Waals surface area contributed by atoms with Crippen molar-refractivity contribution in [3.8, 4) is 0 Å². The first-order chi connectivity index (χ1) is 0. The molecule has 0 heterocycles. The van der Waals surface area contributed by atoms with Gasteiger partial charge in [-0.15, -0.1) is 12.4 Å². The van der Waals surface area contributed by atoms with Gasteiger partial charge in [0, 0.05) is 0 Å². The van der Waals surface area contributed by atoms with E-state index in [1.54, 1.807) is 0 Å². The van der Waals surface area contributed by atoms with Crippen LogP contribution in [0.4, 0.5) is 4.70 Å². The fraction of sp³-hybridized carbons (Fsp3) is 0. The van der Waals surface area contributed by atoms with Crippen molar-refractivity contribution in [2.24, 2.45) is 0 Å². The van der Waals surface area contributed by atoms with E-state index in [1.165, 1.54) is 0 Å². The van der Waals surface area contributed by atoms with Gasteiger partial charge < -0.3 is 0 Å². The molecule has 5 heteroatoms. The van der Waals surface area contributed by atoms with Crippen molar-refractivity contribution in [1.29, 1.82) is 0 Å². The van der Waals surface area contributed by atoms with Crippen LogP contribution in [0.5, 0.6) is 0 Å². The molecule has 0 aliphatic heterocycles. The van der Waals surface area contributed by atoms with Crippen molar-refractivity contribution in [2.45, 2.75) is 0 Å². The molecule has 0 aliphatic rings. The first kappa shape index (κ1) is 62.6. The Morgan fingerprint density at radius 2 is 0.600 bits per heavy atom. The van der Waals surface area contributed by atoms with Gasteiger partial charge in [-0.25, -0.2) is 0 Å². The SMILES string of the molecule is Cl.F.[LiH].[LiH].[LiH]. The Hall–Kier alpha value is 2.01. The van der Waals surface area contributed by atoms with Crippen LogP contribution in [-0.4, -0.2) is 56.6 Å². The summed E-state index contributed by atoms with van der Waals surface area (Å²) >= 11 is 0. The molecular formula is H5ClFLi3. The molecule has 0 radical (unpaired) electrons. The zero-order valence-electron chi connectivity index (χ0n) is 0.816. The normalized spacial score (nSPS) is 0. The molecule has 0 spiro atoms.